The average molecular weight is 344 g/mol. The van der Waals surface area contributed by atoms with Gasteiger partial charge in [0.2, 0.25) is 11.9 Å². The van der Waals surface area contributed by atoms with Crippen LogP contribution in [-0.2, 0) is 18.3 Å². The second-order valence-electron chi connectivity index (χ2n) is 6.80. The highest BCUT2D eigenvalue weighted by molar-refractivity contribution is 5.79. The highest BCUT2D eigenvalue weighted by Crippen LogP contribution is 2.26. The van der Waals surface area contributed by atoms with Gasteiger partial charge in [0.05, 0.1) is 17.8 Å². The van der Waals surface area contributed by atoms with E-state index in [4.69, 9.17) is 0 Å². The number of anilines is 1. The molecule has 1 unspecified atom stereocenters. The standard InChI is InChI=1S/C17H24N6O2/c1-11-13(9-22(4)20-11)7-16(25)23-6-5-12(10-23)14-8-15(24)19-17(18-14)21(2)3/h8-9,12H,5-7,10H2,1-4H3,(H,18,19,24). The van der Waals surface area contributed by atoms with Gasteiger partial charge in [0.25, 0.3) is 5.56 Å². The van der Waals surface area contributed by atoms with Crippen LogP contribution in [0.2, 0.25) is 0 Å². The first kappa shape index (κ1) is 17.2. The molecule has 0 radical (unpaired) electrons. The number of aromatic nitrogens is 4. The summed E-state index contributed by atoms with van der Waals surface area (Å²) in [6.07, 6.45) is 3.07. The first-order valence-corrected chi connectivity index (χ1v) is 8.39. The average Bonchev–Trinajstić information content (AvgIpc) is 3.14. The van der Waals surface area contributed by atoms with Gasteiger partial charge >= 0.3 is 0 Å². The van der Waals surface area contributed by atoms with Crippen LogP contribution in [0.25, 0.3) is 0 Å². The van der Waals surface area contributed by atoms with Crippen molar-refractivity contribution >= 4 is 11.9 Å². The Morgan fingerprint density at radius 1 is 1.44 bits per heavy atom. The topological polar surface area (TPSA) is 87.1 Å². The minimum atomic E-state index is -0.163. The summed E-state index contributed by atoms with van der Waals surface area (Å²) in [4.78, 5) is 35.3. The van der Waals surface area contributed by atoms with Crippen molar-refractivity contribution in [2.75, 3.05) is 32.1 Å². The Morgan fingerprint density at radius 2 is 2.20 bits per heavy atom. The van der Waals surface area contributed by atoms with Crippen LogP contribution in [0.15, 0.2) is 17.1 Å². The molecule has 2 aromatic heterocycles. The largest absolute Gasteiger partial charge is 0.348 e. The number of H-pyrrole nitrogens is 1. The van der Waals surface area contributed by atoms with E-state index in [1.165, 1.54) is 6.07 Å². The summed E-state index contributed by atoms with van der Waals surface area (Å²) in [7, 11) is 5.53. The number of likely N-dealkylation sites (tertiary alicyclic amines) is 1. The molecule has 1 N–H and O–H groups in total. The first-order chi connectivity index (χ1) is 11.8. The van der Waals surface area contributed by atoms with E-state index >= 15 is 0 Å². The van der Waals surface area contributed by atoms with Crippen LogP contribution in [-0.4, -0.2) is 57.7 Å². The van der Waals surface area contributed by atoms with E-state index in [1.54, 1.807) is 9.58 Å². The molecular weight excluding hydrogens is 320 g/mol. The number of hydrogen-bond acceptors (Lipinski definition) is 5. The molecule has 1 fully saturated rings. The van der Waals surface area contributed by atoms with Crippen molar-refractivity contribution < 1.29 is 4.79 Å². The second kappa shape index (κ2) is 6.70. The minimum Gasteiger partial charge on any atom is -0.348 e. The Hall–Kier alpha value is -2.64. The van der Waals surface area contributed by atoms with E-state index < -0.39 is 0 Å². The van der Waals surface area contributed by atoms with Gasteiger partial charge in [0.15, 0.2) is 0 Å². The lowest BCUT2D eigenvalue weighted by molar-refractivity contribution is -0.129. The van der Waals surface area contributed by atoms with Crippen molar-refractivity contribution in [3.05, 3.63) is 39.6 Å². The Morgan fingerprint density at radius 3 is 2.84 bits per heavy atom. The van der Waals surface area contributed by atoms with Crippen molar-refractivity contribution in [3.8, 4) is 0 Å². The van der Waals surface area contributed by atoms with Crippen molar-refractivity contribution in [3.63, 3.8) is 0 Å². The van der Waals surface area contributed by atoms with Crippen molar-refractivity contribution in [2.45, 2.75) is 25.7 Å². The lowest BCUT2D eigenvalue weighted by atomic mass is 10.0. The molecule has 25 heavy (non-hydrogen) atoms. The highest BCUT2D eigenvalue weighted by atomic mass is 16.2. The zero-order valence-electron chi connectivity index (χ0n) is 15.1. The molecule has 1 amide bonds. The van der Waals surface area contributed by atoms with E-state index in [-0.39, 0.29) is 17.4 Å². The maximum Gasteiger partial charge on any atom is 0.252 e. The number of carbonyl (C=O) groups is 1. The monoisotopic (exact) mass is 344 g/mol. The third-order valence-electron chi connectivity index (χ3n) is 4.59. The Kier molecular flexibility index (Phi) is 4.61. The molecule has 0 saturated carbocycles. The smallest absolute Gasteiger partial charge is 0.252 e. The van der Waals surface area contributed by atoms with Gasteiger partial charge in [-0.3, -0.25) is 19.3 Å². The summed E-state index contributed by atoms with van der Waals surface area (Å²) in [6.45, 7) is 3.20. The van der Waals surface area contributed by atoms with Gasteiger partial charge in [-0.1, -0.05) is 0 Å². The van der Waals surface area contributed by atoms with E-state index in [0.717, 1.165) is 23.4 Å². The number of aryl methyl sites for hydroxylation is 2. The molecular formula is C17H24N6O2. The van der Waals surface area contributed by atoms with Crippen LogP contribution in [0.1, 0.15) is 29.3 Å². The highest BCUT2D eigenvalue weighted by Gasteiger charge is 2.29. The Balaban J connectivity index is 1.70. The molecule has 1 aliphatic rings. The molecule has 3 rings (SSSR count). The molecule has 0 spiro atoms. The number of aromatic amines is 1. The Labute approximate surface area is 146 Å². The van der Waals surface area contributed by atoms with Crippen molar-refractivity contribution in [1.29, 1.82) is 0 Å². The SMILES string of the molecule is Cc1nn(C)cc1CC(=O)N1CCC(c2cc(=O)[nH]c(N(C)C)n2)C1. The fourth-order valence-corrected chi connectivity index (χ4v) is 3.21. The third-order valence-corrected chi connectivity index (χ3v) is 4.59. The molecule has 0 aliphatic carbocycles. The maximum absolute atomic E-state index is 12.6. The third kappa shape index (κ3) is 3.72. The molecule has 0 aromatic carbocycles. The molecule has 1 atom stereocenters. The predicted octanol–water partition coefficient (Wildman–Crippen LogP) is 0.436. The zero-order chi connectivity index (χ0) is 18.1. The summed E-state index contributed by atoms with van der Waals surface area (Å²) in [6, 6.07) is 1.54. The van der Waals surface area contributed by atoms with Crippen molar-refractivity contribution in [1.82, 2.24) is 24.6 Å². The molecule has 1 aliphatic heterocycles. The summed E-state index contributed by atoms with van der Waals surface area (Å²) in [5, 5.41) is 4.28. The number of hydrogen-bond donors (Lipinski definition) is 1. The number of rotatable bonds is 4. The number of amides is 1. The van der Waals surface area contributed by atoms with Gasteiger partial charge in [-0.25, -0.2) is 4.98 Å². The maximum atomic E-state index is 12.6. The Bertz CT molecular complexity index is 838. The van der Waals surface area contributed by atoms with Gasteiger partial charge in [-0.2, -0.15) is 5.10 Å². The van der Waals surface area contributed by atoms with Crippen LogP contribution in [0, 0.1) is 6.92 Å². The summed E-state index contributed by atoms with van der Waals surface area (Å²) >= 11 is 0. The summed E-state index contributed by atoms with van der Waals surface area (Å²) in [5.41, 5.74) is 2.43. The number of nitrogens with one attached hydrogen (secondary N) is 1. The number of nitrogens with zero attached hydrogens (tertiary/aromatic N) is 5. The molecule has 8 heteroatoms. The minimum absolute atomic E-state index is 0.0938. The lowest BCUT2D eigenvalue weighted by Gasteiger charge is -2.17. The zero-order valence-corrected chi connectivity index (χ0v) is 15.1. The fraction of sp³-hybridized carbons (Fsp3) is 0.529. The summed E-state index contributed by atoms with van der Waals surface area (Å²) < 4.78 is 1.73. The summed E-state index contributed by atoms with van der Waals surface area (Å²) in [5.74, 6) is 0.731. The van der Waals surface area contributed by atoms with Crippen LogP contribution in [0.3, 0.4) is 0 Å². The first-order valence-electron chi connectivity index (χ1n) is 8.39. The van der Waals surface area contributed by atoms with Gasteiger partial charge in [-0.15, -0.1) is 0 Å². The lowest BCUT2D eigenvalue weighted by Crippen LogP contribution is -2.30. The van der Waals surface area contributed by atoms with Crippen LogP contribution >= 0.6 is 0 Å². The number of carbonyl (C=O) groups excluding carboxylic acids is 1. The van der Waals surface area contributed by atoms with E-state index in [9.17, 15) is 9.59 Å². The normalized spacial score (nSPS) is 17.1. The molecule has 0 bridgehead atoms. The fourth-order valence-electron chi connectivity index (χ4n) is 3.21. The van der Waals surface area contributed by atoms with Gasteiger partial charge in [0, 0.05) is 58.0 Å². The second-order valence-corrected chi connectivity index (χ2v) is 6.80. The molecule has 8 nitrogen and oxygen atoms in total. The molecule has 1 saturated heterocycles. The quantitative estimate of drug-likeness (QED) is 0.869. The van der Waals surface area contributed by atoms with E-state index in [1.807, 2.05) is 39.2 Å². The van der Waals surface area contributed by atoms with Gasteiger partial charge < -0.3 is 9.80 Å². The van der Waals surface area contributed by atoms with Gasteiger partial charge in [0.1, 0.15) is 0 Å². The van der Waals surface area contributed by atoms with Crippen LogP contribution in [0.5, 0.6) is 0 Å². The molecule has 134 valence electrons. The predicted molar refractivity (Wildman–Crippen MR) is 94.8 cm³/mol. The van der Waals surface area contributed by atoms with Crippen LogP contribution in [0.4, 0.5) is 5.95 Å². The van der Waals surface area contributed by atoms with Crippen molar-refractivity contribution in [2.24, 2.45) is 7.05 Å². The van der Waals surface area contributed by atoms with E-state index in [0.29, 0.717) is 25.5 Å². The van der Waals surface area contributed by atoms with Gasteiger partial charge in [-0.05, 0) is 13.3 Å². The molecule has 3 heterocycles. The van der Waals surface area contributed by atoms with E-state index in [2.05, 4.69) is 15.1 Å². The van der Waals surface area contributed by atoms with Crippen LogP contribution < -0.4 is 10.5 Å². The molecule has 2 aromatic rings.